The molecule has 0 aromatic heterocycles. The molecule has 0 unspecified atom stereocenters. The molecule has 0 saturated carbocycles. The molecule has 4 nitrogen and oxygen atoms in total. The lowest BCUT2D eigenvalue weighted by atomic mass is 10.1. The first kappa shape index (κ1) is 14.5. The standard InChI is InChI=1S/C15H16N2O2/c1-11(2)15(8-12(3)9-16)17(10-18)13-4-6-14(19)7-5-13/h4-8,10,19H,1-3H3/b12-8+. The highest BCUT2D eigenvalue weighted by molar-refractivity contribution is 5.81. The summed E-state index contributed by atoms with van der Waals surface area (Å²) in [5, 5.41) is 18.1. The highest BCUT2D eigenvalue weighted by Gasteiger charge is 2.11. The van der Waals surface area contributed by atoms with E-state index in [0.717, 1.165) is 5.57 Å². The summed E-state index contributed by atoms with van der Waals surface area (Å²) in [5.41, 5.74) is 2.71. The molecule has 19 heavy (non-hydrogen) atoms. The maximum Gasteiger partial charge on any atom is 0.218 e. The Labute approximate surface area is 112 Å². The minimum Gasteiger partial charge on any atom is -0.508 e. The van der Waals surface area contributed by atoms with Gasteiger partial charge in [-0.2, -0.15) is 5.26 Å². The molecule has 0 aliphatic heterocycles. The van der Waals surface area contributed by atoms with Gasteiger partial charge in [0.25, 0.3) is 0 Å². The molecule has 4 heteroatoms. The third-order valence-corrected chi connectivity index (χ3v) is 2.53. The maximum atomic E-state index is 11.3. The molecule has 1 aromatic rings. The highest BCUT2D eigenvalue weighted by atomic mass is 16.3. The smallest absolute Gasteiger partial charge is 0.218 e. The fourth-order valence-electron chi connectivity index (χ4n) is 1.56. The van der Waals surface area contributed by atoms with Crippen LogP contribution in [0.25, 0.3) is 0 Å². The van der Waals surface area contributed by atoms with Crippen molar-refractivity contribution in [2.24, 2.45) is 0 Å². The third kappa shape index (κ3) is 3.71. The summed E-state index contributed by atoms with van der Waals surface area (Å²) >= 11 is 0. The SMILES string of the molecule is CC(C)=C(/C=C(\C)C#N)N(C=O)c1ccc(O)cc1. The van der Waals surface area contributed by atoms with E-state index in [1.54, 1.807) is 25.1 Å². The van der Waals surface area contributed by atoms with Crippen LogP contribution in [0.1, 0.15) is 20.8 Å². The van der Waals surface area contributed by atoms with Crippen molar-refractivity contribution in [3.8, 4) is 11.8 Å². The predicted octanol–water partition coefficient (Wildman–Crippen LogP) is 3.12. The van der Waals surface area contributed by atoms with E-state index in [-0.39, 0.29) is 5.75 Å². The lowest BCUT2D eigenvalue weighted by molar-refractivity contribution is -0.107. The molecule has 0 heterocycles. The Morgan fingerprint density at radius 1 is 1.26 bits per heavy atom. The van der Waals surface area contributed by atoms with Crippen molar-refractivity contribution in [1.29, 1.82) is 5.26 Å². The van der Waals surface area contributed by atoms with Crippen molar-refractivity contribution >= 4 is 12.1 Å². The van der Waals surface area contributed by atoms with Crippen molar-refractivity contribution in [2.45, 2.75) is 20.8 Å². The molecular weight excluding hydrogens is 240 g/mol. The van der Waals surface area contributed by atoms with Crippen molar-refractivity contribution < 1.29 is 9.90 Å². The number of hydrogen-bond acceptors (Lipinski definition) is 3. The van der Waals surface area contributed by atoms with E-state index in [1.807, 2.05) is 19.9 Å². The third-order valence-electron chi connectivity index (χ3n) is 2.53. The number of carbonyl (C=O) groups is 1. The van der Waals surface area contributed by atoms with Gasteiger partial charge in [0.15, 0.2) is 0 Å². The van der Waals surface area contributed by atoms with Crippen LogP contribution >= 0.6 is 0 Å². The van der Waals surface area contributed by atoms with Gasteiger partial charge in [0.2, 0.25) is 6.41 Å². The minimum atomic E-state index is 0.136. The summed E-state index contributed by atoms with van der Waals surface area (Å²) in [6.07, 6.45) is 2.35. The van der Waals surface area contributed by atoms with Gasteiger partial charge in [-0.1, -0.05) is 5.57 Å². The minimum absolute atomic E-state index is 0.136. The number of anilines is 1. The van der Waals surface area contributed by atoms with Crippen LogP contribution in [0, 0.1) is 11.3 Å². The number of aromatic hydroxyl groups is 1. The second kappa shape index (κ2) is 6.41. The van der Waals surface area contributed by atoms with Crippen LogP contribution in [0.2, 0.25) is 0 Å². The zero-order valence-corrected chi connectivity index (χ0v) is 11.2. The fraction of sp³-hybridized carbons (Fsp3) is 0.200. The van der Waals surface area contributed by atoms with Gasteiger partial charge in [-0.3, -0.25) is 9.69 Å². The molecule has 1 rings (SSSR count). The van der Waals surface area contributed by atoms with Crippen LogP contribution in [0.3, 0.4) is 0 Å². The lowest BCUT2D eigenvalue weighted by Gasteiger charge is -2.20. The second-order valence-corrected chi connectivity index (χ2v) is 4.32. The number of allylic oxidation sites excluding steroid dienone is 3. The zero-order valence-electron chi connectivity index (χ0n) is 11.2. The number of benzene rings is 1. The molecule has 0 saturated heterocycles. The average molecular weight is 256 g/mol. The molecular formula is C15H16N2O2. The molecule has 1 N–H and O–H groups in total. The molecule has 98 valence electrons. The predicted molar refractivity (Wildman–Crippen MR) is 74.4 cm³/mol. The number of hydrogen-bond donors (Lipinski definition) is 1. The Bertz CT molecular complexity index is 559. The van der Waals surface area contributed by atoms with Gasteiger partial charge >= 0.3 is 0 Å². The first-order valence-electron chi connectivity index (χ1n) is 5.79. The van der Waals surface area contributed by atoms with Crippen molar-refractivity contribution in [3.05, 3.63) is 47.2 Å². The van der Waals surface area contributed by atoms with Gasteiger partial charge < -0.3 is 5.11 Å². The number of nitriles is 1. The van der Waals surface area contributed by atoms with Crippen molar-refractivity contribution in [2.75, 3.05) is 4.90 Å². The first-order chi connectivity index (χ1) is 8.99. The first-order valence-corrected chi connectivity index (χ1v) is 5.79. The van der Waals surface area contributed by atoms with E-state index < -0.39 is 0 Å². The van der Waals surface area contributed by atoms with Gasteiger partial charge in [0.05, 0.1) is 6.07 Å². The van der Waals surface area contributed by atoms with Crippen molar-refractivity contribution in [1.82, 2.24) is 0 Å². The van der Waals surface area contributed by atoms with Crippen LogP contribution in [0.5, 0.6) is 5.75 Å². The molecule has 0 fully saturated rings. The number of carbonyl (C=O) groups excluding carboxylic acids is 1. The van der Waals surface area contributed by atoms with E-state index in [1.165, 1.54) is 17.0 Å². The number of nitrogens with zero attached hydrogens (tertiary/aromatic N) is 2. The topological polar surface area (TPSA) is 64.3 Å². The second-order valence-electron chi connectivity index (χ2n) is 4.32. The number of rotatable bonds is 4. The maximum absolute atomic E-state index is 11.3. The van der Waals surface area contributed by atoms with Gasteiger partial charge in [-0.25, -0.2) is 0 Å². The van der Waals surface area contributed by atoms with Gasteiger partial charge in [0, 0.05) is 17.0 Å². The molecule has 0 bridgehead atoms. The summed E-state index contributed by atoms with van der Waals surface area (Å²) in [7, 11) is 0. The van der Waals surface area contributed by atoms with Crippen LogP contribution < -0.4 is 4.90 Å². The Morgan fingerprint density at radius 3 is 2.26 bits per heavy atom. The van der Waals surface area contributed by atoms with E-state index >= 15 is 0 Å². The number of phenols is 1. The molecule has 1 aromatic carbocycles. The van der Waals surface area contributed by atoms with E-state index in [9.17, 15) is 9.90 Å². The van der Waals surface area contributed by atoms with Crippen LogP contribution in [0.15, 0.2) is 47.2 Å². The quantitative estimate of drug-likeness (QED) is 0.511. The highest BCUT2D eigenvalue weighted by Crippen LogP contribution is 2.23. The average Bonchev–Trinajstić information content (AvgIpc) is 2.39. The number of amides is 1. The molecule has 0 radical (unpaired) electrons. The van der Waals surface area contributed by atoms with Gasteiger partial charge in [-0.15, -0.1) is 0 Å². The van der Waals surface area contributed by atoms with Crippen molar-refractivity contribution in [3.63, 3.8) is 0 Å². The van der Waals surface area contributed by atoms with Crippen LogP contribution in [0.4, 0.5) is 5.69 Å². The van der Waals surface area contributed by atoms with Gasteiger partial charge in [0.1, 0.15) is 5.75 Å². The fourth-order valence-corrected chi connectivity index (χ4v) is 1.56. The van der Waals surface area contributed by atoms with Gasteiger partial charge in [-0.05, 0) is 51.1 Å². The summed E-state index contributed by atoms with van der Waals surface area (Å²) in [6.45, 7) is 5.42. The molecule has 0 aliphatic carbocycles. The Kier molecular flexibility index (Phi) is 4.90. The Hall–Kier alpha value is -2.54. The largest absolute Gasteiger partial charge is 0.508 e. The van der Waals surface area contributed by atoms with E-state index in [4.69, 9.17) is 5.26 Å². The lowest BCUT2D eigenvalue weighted by Crippen LogP contribution is -2.20. The Balaban J connectivity index is 3.28. The molecule has 1 amide bonds. The summed E-state index contributed by atoms with van der Waals surface area (Å²) in [5.74, 6) is 0.136. The van der Waals surface area contributed by atoms with Crippen LogP contribution in [-0.2, 0) is 4.79 Å². The normalized spacial score (nSPS) is 10.5. The summed E-state index contributed by atoms with van der Waals surface area (Å²) in [4.78, 5) is 12.8. The molecule has 0 atom stereocenters. The Morgan fingerprint density at radius 2 is 1.84 bits per heavy atom. The summed E-state index contributed by atoms with van der Waals surface area (Å²) < 4.78 is 0. The zero-order chi connectivity index (χ0) is 14.4. The molecule has 0 aliphatic rings. The van der Waals surface area contributed by atoms with E-state index in [2.05, 4.69) is 0 Å². The summed E-state index contributed by atoms with van der Waals surface area (Å²) in [6, 6.07) is 8.33. The number of phenolic OH excluding ortho intramolecular Hbond substituents is 1. The van der Waals surface area contributed by atoms with Crippen LogP contribution in [-0.4, -0.2) is 11.5 Å². The van der Waals surface area contributed by atoms with E-state index in [0.29, 0.717) is 23.4 Å². The monoisotopic (exact) mass is 256 g/mol. The molecule has 0 spiro atoms.